The van der Waals surface area contributed by atoms with Gasteiger partial charge in [-0.1, -0.05) is 12.1 Å². The first kappa shape index (κ1) is 13.2. The van der Waals surface area contributed by atoms with Crippen LogP contribution >= 0.6 is 0 Å². The van der Waals surface area contributed by atoms with Crippen LogP contribution in [0.5, 0.6) is 0 Å². The van der Waals surface area contributed by atoms with Gasteiger partial charge in [0.25, 0.3) is 5.91 Å². The molecule has 0 saturated heterocycles. The first-order valence-electron chi connectivity index (χ1n) is 5.79. The Morgan fingerprint density at radius 2 is 1.68 bits per heavy atom. The Morgan fingerprint density at radius 1 is 1.05 bits per heavy atom. The molecular weight excluding hydrogens is 248 g/mol. The van der Waals surface area contributed by atoms with E-state index >= 15 is 0 Å². The van der Waals surface area contributed by atoms with E-state index in [1.54, 1.807) is 19.1 Å². The molecule has 0 unspecified atom stereocenters. The summed E-state index contributed by atoms with van der Waals surface area (Å²) in [6.45, 7) is 1.60. The molecule has 0 spiro atoms. The van der Waals surface area contributed by atoms with Gasteiger partial charge in [-0.2, -0.15) is 0 Å². The second kappa shape index (κ2) is 5.18. The van der Waals surface area contributed by atoms with Gasteiger partial charge in [-0.3, -0.25) is 4.79 Å². The number of carbonyl (C=O) groups is 1. The lowest BCUT2D eigenvalue weighted by Crippen LogP contribution is -2.27. The smallest absolute Gasteiger partial charge is 0.260 e. The van der Waals surface area contributed by atoms with Crippen LogP contribution in [0.1, 0.15) is 15.9 Å². The molecule has 0 N–H and O–H groups in total. The Labute approximate surface area is 110 Å². The zero-order chi connectivity index (χ0) is 14.0. The summed E-state index contributed by atoms with van der Waals surface area (Å²) in [5, 5.41) is 0. The van der Waals surface area contributed by atoms with Crippen molar-refractivity contribution in [2.45, 2.75) is 6.92 Å². The number of hydrogen-bond donors (Lipinski definition) is 0. The Balaban J connectivity index is 2.33. The minimum atomic E-state index is -0.526. The molecule has 0 saturated carbocycles. The maximum Gasteiger partial charge on any atom is 0.260 e. The van der Waals surface area contributed by atoms with Crippen LogP contribution in [-0.2, 0) is 0 Å². The summed E-state index contributed by atoms with van der Waals surface area (Å²) >= 11 is 0. The summed E-state index contributed by atoms with van der Waals surface area (Å²) in [6.07, 6.45) is 0. The molecule has 0 radical (unpaired) electrons. The minimum absolute atomic E-state index is 0.00632. The lowest BCUT2D eigenvalue weighted by molar-refractivity contribution is 0.0989. The number of rotatable bonds is 2. The fourth-order valence-corrected chi connectivity index (χ4v) is 1.78. The van der Waals surface area contributed by atoms with Crippen LogP contribution in [0.15, 0.2) is 42.5 Å². The van der Waals surface area contributed by atoms with Crippen molar-refractivity contribution < 1.29 is 13.6 Å². The quantitative estimate of drug-likeness (QED) is 0.809. The van der Waals surface area contributed by atoms with E-state index in [1.165, 1.54) is 42.3 Å². The Kier molecular flexibility index (Phi) is 3.60. The predicted molar refractivity (Wildman–Crippen MR) is 70.3 cm³/mol. The average Bonchev–Trinajstić information content (AvgIpc) is 2.41. The Morgan fingerprint density at radius 3 is 2.32 bits per heavy atom. The maximum absolute atomic E-state index is 13.9. The van der Waals surface area contributed by atoms with E-state index < -0.39 is 11.7 Å². The second-order valence-electron chi connectivity index (χ2n) is 4.28. The molecule has 2 aromatic rings. The number of nitrogens with zero attached hydrogens (tertiary/aromatic N) is 1. The average molecular weight is 261 g/mol. The molecule has 19 heavy (non-hydrogen) atoms. The van der Waals surface area contributed by atoms with Crippen molar-refractivity contribution in [3.8, 4) is 0 Å². The van der Waals surface area contributed by atoms with Crippen molar-refractivity contribution in [3.63, 3.8) is 0 Å². The molecule has 0 aliphatic rings. The number of benzene rings is 2. The highest BCUT2D eigenvalue weighted by atomic mass is 19.1. The monoisotopic (exact) mass is 261 g/mol. The molecule has 0 aliphatic carbocycles. The van der Waals surface area contributed by atoms with Gasteiger partial charge in [-0.15, -0.1) is 0 Å². The second-order valence-corrected chi connectivity index (χ2v) is 4.28. The molecule has 2 nitrogen and oxygen atoms in total. The highest BCUT2D eigenvalue weighted by Crippen LogP contribution is 2.19. The van der Waals surface area contributed by atoms with Crippen molar-refractivity contribution in [1.29, 1.82) is 0 Å². The topological polar surface area (TPSA) is 20.3 Å². The van der Waals surface area contributed by atoms with Crippen molar-refractivity contribution in [2.75, 3.05) is 11.9 Å². The van der Waals surface area contributed by atoms with Crippen LogP contribution in [0.4, 0.5) is 14.5 Å². The van der Waals surface area contributed by atoms with Gasteiger partial charge in [0.1, 0.15) is 11.6 Å². The molecule has 0 heterocycles. The summed E-state index contributed by atoms with van der Waals surface area (Å²) in [5.41, 5.74) is 0.928. The van der Waals surface area contributed by atoms with Crippen LogP contribution in [-0.4, -0.2) is 13.0 Å². The molecule has 0 atom stereocenters. The Hall–Kier alpha value is -2.23. The lowest BCUT2D eigenvalue weighted by atomic mass is 10.1. The summed E-state index contributed by atoms with van der Waals surface area (Å²) < 4.78 is 26.7. The molecule has 4 heteroatoms. The number of amides is 1. The van der Waals surface area contributed by atoms with E-state index in [2.05, 4.69) is 0 Å². The van der Waals surface area contributed by atoms with E-state index in [0.29, 0.717) is 11.3 Å². The fourth-order valence-electron chi connectivity index (χ4n) is 1.78. The zero-order valence-corrected chi connectivity index (χ0v) is 10.7. The molecule has 2 aromatic carbocycles. The third kappa shape index (κ3) is 2.62. The summed E-state index contributed by atoms with van der Waals surface area (Å²) in [4.78, 5) is 13.5. The van der Waals surface area contributed by atoms with Crippen LogP contribution in [0, 0.1) is 18.6 Å². The van der Waals surface area contributed by atoms with Crippen LogP contribution in [0.2, 0.25) is 0 Å². The Bertz CT molecular complexity index is 608. The van der Waals surface area contributed by atoms with E-state index in [-0.39, 0.29) is 11.4 Å². The van der Waals surface area contributed by atoms with Gasteiger partial charge in [0.05, 0.1) is 5.56 Å². The number of anilines is 1. The zero-order valence-electron chi connectivity index (χ0n) is 10.7. The van der Waals surface area contributed by atoms with E-state index in [9.17, 15) is 13.6 Å². The van der Waals surface area contributed by atoms with Gasteiger partial charge in [-0.05, 0) is 42.8 Å². The van der Waals surface area contributed by atoms with E-state index in [4.69, 9.17) is 0 Å². The van der Waals surface area contributed by atoms with Crippen molar-refractivity contribution in [3.05, 3.63) is 65.2 Å². The van der Waals surface area contributed by atoms with Gasteiger partial charge in [-0.25, -0.2) is 8.78 Å². The minimum Gasteiger partial charge on any atom is -0.311 e. The number of hydrogen-bond acceptors (Lipinski definition) is 1. The van der Waals surface area contributed by atoms with Crippen molar-refractivity contribution >= 4 is 11.6 Å². The molecule has 98 valence electrons. The van der Waals surface area contributed by atoms with Crippen molar-refractivity contribution in [1.82, 2.24) is 0 Å². The molecule has 0 bridgehead atoms. The van der Waals surface area contributed by atoms with Crippen LogP contribution < -0.4 is 4.90 Å². The third-order valence-electron chi connectivity index (χ3n) is 2.94. The SMILES string of the molecule is Cc1cccc(C(=O)N(C)c2ccc(F)cc2)c1F. The number of aryl methyl sites for hydroxylation is 1. The van der Waals surface area contributed by atoms with Gasteiger partial charge < -0.3 is 4.90 Å². The highest BCUT2D eigenvalue weighted by molar-refractivity contribution is 6.06. The number of halogens is 2. The van der Waals surface area contributed by atoms with Crippen molar-refractivity contribution in [2.24, 2.45) is 0 Å². The summed E-state index contributed by atoms with van der Waals surface area (Å²) in [6, 6.07) is 10.1. The standard InChI is InChI=1S/C15H13F2NO/c1-10-4-3-5-13(14(10)17)15(19)18(2)12-8-6-11(16)7-9-12/h3-9H,1-2H3. The molecule has 1 amide bonds. The van der Waals surface area contributed by atoms with Gasteiger partial charge >= 0.3 is 0 Å². The maximum atomic E-state index is 13.9. The van der Waals surface area contributed by atoms with Gasteiger partial charge in [0.2, 0.25) is 0 Å². The molecular formula is C15H13F2NO. The summed E-state index contributed by atoms with van der Waals surface area (Å²) in [7, 11) is 1.53. The molecule has 0 aromatic heterocycles. The highest BCUT2D eigenvalue weighted by Gasteiger charge is 2.18. The van der Waals surface area contributed by atoms with Gasteiger partial charge in [0.15, 0.2) is 0 Å². The van der Waals surface area contributed by atoms with Gasteiger partial charge in [0, 0.05) is 12.7 Å². The number of carbonyl (C=O) groups excluding carboxylic acids is 1. The lowest BCUT2D eigenvalue weighted by Gasteiger charge is -2.18. The third-order valence-corrected chi connectivity index (χ3v) is 2.94. The first-order chi connectivity index (χ1) is 9.00. The molecule has 0 aliphatic heterocycles. The summed E-state index contributed by atoms with van der Waals surface area (Å²) in [5.74, 6) is -1.37. The van der Waals surface area contributed by atoms with Crippen LogP contribution in [0.25, 0.3) is 0 Å². The molecule has 2 rings (SSSR count). The van der Waals surface area contributed by atoms with Crippen LogP contribution in [0.3, 0.4) is 0 Å². The fraction of sp³-hybridized carbons (Fsp3) is 0.133. The predicted octanol–water partition coefficient (Wildman–Crippen LogP) is 3.55. The molecule has 0 fully saturated rings. The van der Waals surface area contributed by atoms with E-state index in [0.717, 1.165) is 0 Å². The first-order valence-corrected chi connectivity index (χ1v) is 5.79. The van der Waals surface area contributed by atoms with E-state index in [1.807, 2.05) is 0 Å². The normalized spacial score (nSPS) is 10.3. The largest absolute Gasteiger partial charge is 0.311 e.